The summed E-state index contributed by atoms with van der Waals surface area (Å²) in [6.45, 7) is 5.35. The van der Waals surface area contributed by atoms with Crippen LogP contribution in [0.25, 0.3) is 0 Å². The fourth-order valence-corrected chi connectivity index (χ4v) is 4.82. The number of likely N-dealkylation sites (tertiary alicyclic amines) is 2. The van der Waals surface area contributed by atoms with Crippen molar-refractivity contribution in [3.63, 3.8) is 0 Å². The van der Waals surface area contributed by atoms with Crippen molar-refractivity contribution in [1.29, 1.82) is 0 Å². The molecule has 0 N–H and O–H groups in total. The number of rotatable bonds is 5. The van der Waals surface area contributed by atoms with Gasteiger partial charge in [-0.1, -0.05) is 30.3 Å². The zero-order valence-corrected chi connectivity index (χ0v) is 16.8. The van der Waals surface area contributed by atoms with Crippen molar-refractivity contribution in [1.82, 2.24) is 9.80 Å². The summed E-state index contributed by atoms with van der Waals surface area (Å²) in [5.74, 6) is 1.41. The third-order valence-electron chi connectivity index (χ3n) is 6.05. The molecule has 0 saturated carbocycles. The molecule has 0 aliphatic carbocycles. The average molecular weight is 375 g/mol. The van der Waals surface area contributed by atoms with Crippen LogP contribution in [0.1, 0.15) is 44.1 Å². The lowest BCUT2D eigenvalue weighted by atomic mass is 9.67. The van der Waals surface area contributed by atoms with Crippen LogP contribution in [-0.2, 0) is 9.59 Å². The van der Waals surface area contributed by atoms with E-state index in [-0.39, 0.29) is 23.1 Å². The number of amides is 2. The highest BCUT2D eigenvalue weighted by Crippen LogP contribution is 2.45. The highest BCUT2D eigenvalue weighted by molar-refractivity contribution is 7.98. The second-order valence-electron chi connectivity index (χ2n) is 7.64. The fraction of sp³-hybridized carbons (Fsp3) is 0.619. The molecule has 5 heteroatoms. The second-order valence-corrected chi connectivity index (χ2v) is 8.63. The number of thioether (sulfide) groups is 1. The van der Waals surface area contributed by atoms with Gasteiger partial charge in [-0.05, 0) is 43.4 Å². The van der Waals surface area contributed by atoms with Crippen LogP contribution in [0.2, 0.25) is 0 Å². The van der Waals surface area contributed by atoms with Gasteiger partial charge in [-0.15, -0.1) is 0 Å². The number of likely N-dealkylation sites (N-methyl/N-ethyl adjacent to an activating group) is 1. The van der Waals surface area contributed by atoms with Gasteiger partial charge in [0.15, 0.2) is 0 Å². The Morgan fingerprint density at radius 3 is 2.54 bits per heavy atom. The third kappa shape index (κ3) is 4.08. The molecule has 2 saturated heterocycles. The van der Waals surface area contributed by atoms with Gasteiger partial charge in [0.25, 0.3) is 0 Å². The van der Waals surface area contributed by atoms with E-state index in [0.29, 0.717) is 6.42 Å². The van der Waals surface area contributed by atoms with E-state index in [2.05, 4.69) is 19.1 Å². The lowest BCUT2D eigenvalue weighted by Crippen LogP contribution is -2.54. The maximum atomic E-state index is 12.9. The van der Waals surface area contributed by atoms with Gasteiger partial charge in [-0.2, -0.15) is 11.8 Å². The largest absolute Gasteiger partial charge is 0.343 e. The SMILES string of the molecule is CCN1CC2(CCN(C(=O)CCSC)CC2)C[C@@H](c2ccccc2)C1=O. The van der Waals surface area contributed by atoms with Gasteiger partial charge in [-0.3, -0.25) is 9.59 Å². The Morgan fingerprint density at radius 2 is 1.92 bits per heavy atom. The Balaban J connectivity index is 1.72. The quantitative estimate of drug-likeness (QED) is 0.793. The van der Waals surface area contributed by atoms with E-state index in [9.17, 15) is 9.59 Å². The lowest BCUT2D eigenvalue weighted by Gasteiger charge is -2.49. The Labute approximate surface area is 161 Å². The summed E-state index contributed by atoms with van der Waals surface area (Å²) in [6.07, 6.45) is 5.61. The molecule has 2 aliphatic heterocycles. The van der Waals surface area contributed by atoms with Gasteiger partial charge in [-0.25, -0.2) is 0 Å². The van der Waals surface area contributed by atoms with Crippen LogP contribution < -0.4 is 0 Å². The number of hydrogen-bond acceptors (Lipinski definition) is 3. The molecular weight excluding hydrogens is 344 g/mol. The molecular formula is C21H30N2O2S. The van der Waals surface area contributed by atoms with Crippen LogP contribution in [-0.4, -0.2) is 59.8 Å². The predicted molar refractivity (Wildman–Crippen MR) is 107 cm³/mol. The van der Waals surface area contributed by atoms with Gasteiger partial charge >= 0.3 is 0 Å². The molecule has 142 valence electrons. The molecule has 0 radical (unpaired) electrons. The molecule has 2 aliphatic rings. The van der Waals surface area contributed by atoms with Crippen LogP contribution in [0, 0.1) is 5.41 Å². The van der Waals surface area contributed by atoms with Crippen LogP contribution in [0.4, 0.5) is 0 Å². The standard InChI is InChI=1S/C21H30N2O2S/c1-3-22-16-21(10-12-23(13-11-21)19(24)9-14-26-2)15-18(20(22)25)17-7-5-4-6-8-17/h4-8,18H,3,9-16H2,1-2H3/t18-/m0/s1. The first-order chi connectivity index (χ1) is 12.6. The maximum Gasteiger partial charge on any atom is 0.230 e. The second kappa shape index (κ2) is 8.47. The number of carbonyl (C=O) groups excluding carboxylic acids is 2. The first-order valence-corrected chi connectivity index (χ1v) is 11.1. The van der Waals surface area contributed by atoms with Gasteiger partial charge in [0, 0.05) is 38.4 Å². The first-order valence-electron chi connectivity index (χ1n) is 9.69. The minimum Gasteiger partial charge on any atom is -0.343 e. The Bertz CT molecular complexity index is 626. The monoisotopic (exact) mass is 374 g/mol. The predicted octanol–water partition coefficient (Wildman–Crippen LogP) is 3.38. The van der Waals surface area contributed by atoms with Crippen molar-refractivity contribution in [2.24, 2.45) is 5.41 Å². The highest BCUT2D eigenvalue weighted by Gasteiger charge is 2.46. The summed E-state index contributed by atoms with van der Waals surface area (Å²) in [5, 5.41) is 0. The average Bonchev–Trinajstić information content (AvgIpc) is 2.69. The van der Waals surface area contributed by atoms with Crippen molar-refractivity contribution in [3.8, 4) is 0 Å². The summed E-state index contributed by atoms with van der Waals surface area (Å²) < 4.78 is 0. The fourth-order valence-electron chi connectivity index (χ4n) is 4.44. The van der Waals surface area contributed by atoms with Crippen LogP contribution in [0.3, 0.4) is 0 Å². The summed E-state index contributed by atoms with van der Waals surface area (Å²) in [7, 11) is 0. The Hall–Kier alpha value is -1.49. The summed E-state index contributed by atoms with van der Waals surface area (Å²) in [4.78, 5) is 29.3. The summed E-state index contributed by atoms with van der Waals surface area (Å²) in [6, 6.07) is 10.2. The van der Waals surface area contributed by atoms with E-state index in [1.54, 1.807) is 11.8 Å². The Kier molecular flexibility index (Phi) is 6.28. The van der Waals surface area contributed by atoms with E-state index < -0.39 is 0 Å². The molecule has 1 aromatic carbocycles. The topological polar surface area (TPSA) is 40.6 Å². The number of benzene rings is 1. The normalized spacial score (nSPS) is 22.7. The molecule has 2 amide bonds. The molecule has 0 aromatic heterocycles. The molecule has 2 fully saturated rings. The van der Waals surface area contributed by atoms with Gasteiger partial charge in [0.1, 0.15) is 0 Å². The van der Waals surface area contributed by atoms with E-state index in [1.165, 1.54) is 0 Å². The first kappa shape index (κ1) is 19.3. The molecule has 1 aromatic rings. The summed E-state index contributed by atoms with van der Waals surface area (Å²) in [5.41, 5.74) is 1.29. The minimum atomic E-state index is -0.0383. The molecule has 26 heavy (non-hydrogen) atoms. The van der Waals surface area contributed by atoms with Crippen molar-refractivity contribution in [2.75, 3.05) is 38.2 Å². The number of carbonyl (C=O) groups is 2. The van der Waals surface area contributed by atoms with Crippen LogP contribution in [0.5, 0.6) is 0 Å². The van der Waals surface area contributed by atoms with Crippen LogP contribution >= 0.6 is 11.8 Å². The van der Waals surface area contributed by atoms with Crippen molar-refractivity contribution in [3.05, 3.63) is 35.9 Å². The van der Waals surface area contributed by atoms with Crippen molar-refractivity contribution >= 4 is 23.6 Å². The van der Waals surface area contributed by atoms with Crippen molar-refractivity contribution in [2.45, 2.75) is 38.5 Å². The van der Waals surface area contributed by atoms with Crippen molar-refractivity contribution < 1.29 is 9.59 Å². The summed E-state index contributed by atoms with van der Waals surface area (Å²) >= 11 is 1.73. The molecule has 3 rings (SSSR count). The third-order valence-corrected chi connectivity index (χ3v) is 6.67. The van der Waals surface area contributed by atoms with Gasteiger partial charge in [0.2, 0.25) is 11.8 Å². The smallest absolute Gasteiger partial charge is 0.230 e. The molecule has 2 heterocycles. The highest BCUT2D eigenvalue weighted by atomic mass is 32.2. The lowest BCUT2D eigenvalue weighted by molar-refractivity contribution is -0.144. The molecule has 1 atom stereocenters. The maximum absolute atomic E-state index is 12.9. The number of piperidine rings is 2. The molecule has 1 spiro atoms. The van der Waals surface area contributed by atoms with E-state index >= 15 is 0 Å². The van der Waals surface area contributed by atoms with E-state index in [1.807, 2.05) is 34.3 Å². The zero-order valence-electron chi connectivity index (χ0n) is 15.9. The van der Waals surface area contributed by atoms with Gasteiger partial charge in [0.05, 0.1) is 5.92 Å². The minimum absolute atomic E-state index is 0.0383. The number of nitrogens with zero attached hydrogens (tertiary/aromatic N) is 2. The molecule has 0 bridgehead atoms. The van der Waals surface area contributed by atoms with E-state index in [0.717, 1.165) is 56.8 Å². The molecule has 0 unspecified atom stereocenters. The van der Waals surface area contributed by atoms with Crippen LogP contribution in [0.15, 0.2) is 30.3 Å². The molecule has 4 nitrogen and oxygen atoms in total. The van der Waals surface area contributed by atoms with E-state index in [4.69, 9.17) is 0 Å². The zero-order chi connectivity index (χ0) is 18.6. The number of hydrogen-bond donors (Lipinski definition) is 0. The van der Waals surface area contributed by atoms with Gasteiger partial charge < -0.3 is 9.80 Å². The Morgan fingerprint density at radius 1 is 1.23 bits per heavy atom.